The van der Waals surface area contributed by atoms with E-state index in [0.717, 1.165) is 27.8 Å². The highest BCUT2D eigenvalue weighted by Crippen LogP contribution is 2.27. The Hall–Kier alpha value is -1.38. The molecule has 0 saturated heterocycles. The Morgan fingerprint density at radius 3 is 2.17 bits per heavy atom. The van der Waals surface area contributed by atoms with Gasteiger partial charge in [0.15, 0.2) is 0 Å². The van der Waals surface area contributed by atoms with Crippen LogP contribution in [0.2, 0.25) is 5.02 Å². The third kappa shape index (κ3) is 2.40. The Labute approximate surface area is 111 Å². The molecule has 0 bridgehead atoms. The van der Waals surface area contributed by atoms with Crippen LogP contribution in [0, 0.1) is 19.7 Å². The molecule has 0 heterocycles. The Bertz CT molecular complexity index is 570. The van der Waals surface area contributed by atoms with Crippen molar-refractivity contribution in [2.75, 3.05) is 0 Å². The molecule has 2 N–H and O–H groups in total. The molecule has 0 aliphatic heterocycles. The van der Waals surface area contributed by atoms with Crippen molar-refractivity contribution in [1.82, 2.24) is 0 Å². The number of rotatable bonds is 2. The average Bonchev–Trinajstić information content (AvgIpc) is 2.32. The number of benzene rings is 2. The lowest BCUT2D eigenvalue weighted by atomic mass is 9.95. The Balaban J connectivity index is 2.54. The van der Waals surface area contributed by atoms with E-state index in [2.05, 4.69) is 0 Å². The van der Waals surface area contributed by atoms with E-state index in [0.29, 0.717) is 6.54 Å². The summed E-state index contributed by atoms with van der Waals surface area (Å²) in [7, 11) is 0. The molecular weight excluding hydrogens is 249 g/mol. The maximum Gasteiger partial charge on any atom is 0.142 e. The van der Waals surface area contributed by atoms with Crippen molar-refractivity contribution in [1.29, 1.82) is 0 Å². The summed E-state index contributed by atoms with van der Waals surface area (Å²) >= 11 is 5.69. The van der Waals surface area contributed by atoms with Crippen molar-refractivity contribution in [3.63, 3.8) is 0 Å². The maximum absolute atomic E-state index is 13.5. The number of hydrogen-bond donors (Lipinski definition) is 1. The molecule has 0 spiro atoms. The summed E-state index contributed by atoms with van der Waals surface area (Å²) in [6.07, 6.45) is 0. The smallest absolute Gasteiger partial charge is 0.142 e. The quantitative estimate of drug-likeness (QED) is 0.862. The van der Waals surface area contributed by atoms with Gasteiger partial charge in [-0.3, -0.25) is 0 Å². The minimum Gasteiger partial charge on any atom is -0.326 e. The number of hydrogen-bond acceptors (Lipinski definition) is 1. The number of halogens is 2. The van der Waals surface area contributed by atoms with Gasteiger partial charge >= 0.3 is 0 Å². The van der Waals surface area contributed by atoms with E-state index in [1.165, 1.54) is 6.07 Å². The zero-order valence-corrected chi connectivity index (χ0v) is 11.2. The van der Waals surface area contributed by atoms with Crippen LogP contribution in [0.25, 0.3) is 11.1 Å². The van der Waals surface area contributed by atoms with Crippen LogP contribution in [0.15, 0.2) is 30.3 Å². The highest BCUT2D eigenvalue weighted by atomic mass is 35.5. The summed E-state index contributed by atoms with van der Waals surface area (Å²) in [4.78, 5) is 0. The lowest BCUT2D eigenvalue weighted by Crippen LogP contribution is -2.02. The SMILES string of the molecule is Cc1cc(-c2ccc(Cl)c(F)c2)cc(C)c1CN. The molecule has 1 nitrogen and oxygen atoms in total. The molecule has 2 aromatic carbocycles. The van der Waals surface area contributed by atoms with E-state index in [-0.39, 0.29) is 5.02 Å². The molecule has 94 valence electrons. The molecule has 0 aliphatic rings. The van der Waals surface area contributed by atoms with E-state index in [4.69, 9.17) is 17.3 Å². The molecule has 0 atom stereocenters. The van der Waals surface area contributed by atoms with Crippen molar-refractivity contribution < 1.29 is 4.39 Å². The molecule has 2 rings (SSSR count). The van der Waals surface area contributed by atoms with Gasteiger partial charge in [0, 0.05) is 6.54 Å². The fraction of sp³-hybridized carbons (Fsp3) is 0.200. The fourth-order valence-electron chi connectivity index (χ4n) is 2.16. The maximum atomic E-state index is 13.5. The topological polar surface area (TPSA) is 26.0 Å². The normalized spacial score (nSPS) is 10.7. The van der Waals surface area contributed by atoms with Crippen molar-refractivity contribution in [3.8, 4) is 11.1 Å². The first-order valence-corrected chi connectivity index (χ1v) is 6.16. The number of aryl methyl sites for hydroxylation is 2. The third-order valence-corrected chi connectivity index (χ3v) is 3.46. The summed E-state index contributed by atoms with van der Waals surface area (Å²) in [5, 5.41) is 0.144. The average molecular weight is 264 g/mol. The molecule has 2 aromatic rings. The zero-order valence-electron chi connectivity index (χ0n) is 10.4. The monoisotopic (exact) mass is 263 g/mol. The van der Waals surface area contributed by atoms with Gasteiger partial charge in [0.05, 0.1) is 5.02 Å². The van der Waals surface area contributed by atoms with Crippen molar-refractivity contribution >= 4 is 11.6 Å². The van der Waals surface area contributed by atoms with Gasteiger partial charge in [0.25, 0.3) is 0 Å². The molecule has 0 radical (unpaired) electrons. The molecule has 0 unspecified atom stereocenters. The Morgan fingerprint density at radius 1 is 1.06 bits per heavy atom. The van der Waals surface area contributed by atoms with E-state index >= 15 is 0 Å². The van der Waals surface area contributed by atoms with Gasteiger partial charge in [-0.15, -0.1) is 0 Å². The summed E-state index contributed by atoms with van der Waals surface area (Å²) in [5.74, 6) is -0.396. The first-order chi connectivity index (χ1) is 8.52. The number of nitrogens with two attached hydrogens (primary N) is 1. The lowest BCUT2D eigenvalue weighted by Gasteiger charge is -2.11. The van der Waals surface area contributed by atoms with E-state index in [1.54, 1.807) is 6.07 Å². The van der Waals surface area contributed by atoms with Crippen LogP contribution in [0.4, 0.5) is 4.39 Å². The molecule has 0 saturated carbocycles. The minimum absolute atomic E-state index is 0.144. The summed E-state index contributed by atoms with van der Waals surface area (Å²) in [6, 6.07) is 8.91. The van der Waals surface area contributed by atoms with Gasteiger partial charge in [0.2, 0.25) is 0 Å². The zero-order chi connectivity index (χ0) is 13.3. The predicted octanol–water partition coefficient (Wildman–Crippen LogP) is 4.22. The molecule has 0 aliphatic carbocycles. The van der Waals surface area contributed by atoms with Crippen LogP contribution in [-0.2, 0) is 6.54 Å². The summed E-state index contributed by atoms with van der Waals surface area (Å²) in [6.45, 7) is 4.56. The van der Waals surface area contributed by atoms with Gasteiger partial charge in [-0.05, 0) is 53.8 Å². The van der Waals surface area contributed by atoms with Crippen LogP contribution < -0.4 is 5.73 Å². The van der Waals surface area contributed by atoms with Gasteiger partial charge in [0.1, 0.15) is 5.82 Å². The highest BCUT2D eigenvalue weighted by Gasteiger charge is 2.07. The second-order valence-corrected chi connectivity index (χ2v) is 4.83. The Kier molecular flexibility index (Phi) is 3.69. The van der Waals surface area contributed by atoms with Gasteiger partial charge in [-0.25, -0.2) is 4.39 Å². The van der Waals surface area contributed by atoms with E-state index < -0.39 is 5.82 Å². The molecular formula is C15H15ClFN. The van der Waals surface area contributed by atoms with Crippen molar-refractivity contribution in [2.45, 2.75) is 20.4 Å². The minimum atomic E-state index is -0.396. The first kappa shape index (κ1) is 13.1. The molecule has 3 heteroatoms. The summed E-state index contributed by atoms with van der Waals surface area (Å²) in [5.41, 5.74) is 10.9. The molecule has 18 heavy (non-hydrogen) atoms. The first-order valence-electron chi connectivity index (χ1n) is 5.78. The standard InChI is InChI=1S/C15H15ClFN/c1-9-5-12(6-10(2)13(9)8-18)11-3-4-14(16)15(17)7-11/h3-7H,8,18H2,1-2H3. The van der Waals surface area contributed by atoms with Gasteiger partial charge in [-0.1, -0.05) is 29.8 Å². The molecule has 0 fully saturated rings. The van der Waals surface area contributed by atoms with Crippen LogP contribution in [0.1, 0.15) is 16.7 Å². The van der Waals surface area contributed by atoms with Crippen molar-refractivity contribution in [2.24, 2.45) is 5.73 Å². The lowest BCUT2D eigenvalue weighted by molar-refractivity contribution is 0.629. The fourth-order valence-corrected chi connectivity index (χ4v) is 2.28. The van der Waals surface area contributed by atoms with Crippen LogP contribution in [-0.4, -0.2) is 0 Å². The van der Waals surface area contributed by atoms with E-state index in [9.17, 15) is 4.39 Å². The van der Waals surface area contributed by atoms with Gasteiger partial charge < -0.3 is 5.73 Å². The molecule has 0 amide bonds. The van der Waals surface area contributed by atoms with Crippen LogP contribution >= 0.6 is 11.6 Å². The Morgan fingerprint density at radius 2 is 1.67 bits per heavy atom. The van der Waals surface area contributed by atoms with Crippen molar-refractivity contribution in [3.05, 3.63) is 57.9 Å². The largest absolute Gasteiger partial charge is 0.326 e. The van der Waals surface area contributed by atoms with E-state index in [1.807, 2.05) is 32.0 Å². The highest BCUT2D eigenvalue weighted by molar-refractivity contribution is 6.30. The third-order valence-electron chi connectivity index (χ3n) is 3.15. The van der Waals surface area contributed by atoms with Crippen LogP contribution in [0.3, 0.4) is 0 Å². The van der Waals surface area contributed by atoms with Gasteiger partial charge in [-0.2, -0.15) is 0 Å². The predicted molar refractivity (Wildman–Crippen MR) is 74.2 cm³/mol. The second-order valence-electron chi connectivity index (χ2n) is 4.42. The van der Waals surface area contributed by atoms with Crippen LogP contribution in [0.5, 0.6) is 0 Å². The molecule has 0 aromatic heterocycles. The second kappa shape index (κ2) is 5.09. The summed E-state index contributed by atoms with van der Waals surface area (Å²) < 4.78 is 13.5.